The third-order valence-corrected chi connectivity index (χ3v) is 5.52. The molecule has 0 unspecified atom stereocenters. The number of aromatic nitrogens is 3. The molecule has 6 nitrogen and oxygen atoms in total. The number of carbonyl (C=O) groups is 1. The van der Waals surface area contributed by atoms with Crippen LogP contribution in [0.3, 0.4) is 0 Å². The van der Waals surface area contributed by atoms with E-state index in [-0.39, 0.29) is 18.0 Å². The van der Waals surface area contributed by atoms with Crippen LogP contribution >= 0.6 is 0 Å². The minimum absolute atomic E-state index is 0.149. The van der Waals surface area contributed by atoms with Gasteiger partial charge in [0, 0.05) is 0 Å². The summed E-state index contributed by atoms with van der Waals surface area (Å²) in [6, 6.07) is 23.2. The smallest absolute Gasteiger partial charge is 0.344 e. The molecule has 0 aliphatic carbocycles. The second kappa shape index (κ2) is 7.81. The first-order valence-electron chi connectivity index (χ1n) is 10.4. The number of aryl methyl sites for hydroxylation is 2. The lowest BCUT2D eigenvalue weighted by Gasteiger charge is -2.12. The van der Waals surface area contributed by atoms with Gasteiger partial charge in [-0.05, 0) is 48.7 Å². The van der Waals surface area contributed by atoms with Crippen LogP contribution in [0.1, 0.15) is 27.0 Å². The lowest BCUT2D eigenvalue weighted by molar-refractivity contribution is 0.0476. The second-order valence-electron chi connectivity index (χ2n) is 7.83. The Morgan fingerprint density at radius 2 is 1.62 bits per heavy atom. The lowest BCUT2D eigenvalue weighted by atomic mass is 10.1. The second-order valence-corrected chi connectivity index (χ2v) is 7.83. The number of nitrogen functional groups attached to an aromatic ring is 1. The van der Waals surface area contributed by atoms with Crippen LogP contribution in [0.5, 0.6) is 0 Å². The van der Waals surface area contributed by atoms with E-state index in [1.54, 1.807) is 4.57 Å². The first-order chi connectivity index (χ1) is 15.5. The number of rotatable bonds is 4. The Labute approximate surface area is 185 Å². The van der Waals surface area contributed by atoms with Crippen molar-refractivity contribution in [2.45, 2.75) is 20.5 Å². The Morgan fingerprint density at radius 1 is 0.938 bits per heavy atom. The number of nitrogens with zero attached hydrogens (tertiary/aromatic N) is 3. The molecular weight excluding hydrogens is 400 g/mol. The molecule has 158 valence electrons. The van der Waals surface area contributed by atoms with Crippen molar-refractivity contribution >= 4 is 34.0 Å². The Kier molecular flexibility index (Phi) is 4.82. The Hall–Kier alpha value is -4.19. The van der Waals surface area contributed by atoms with E-state index in [2.05, 4.69) is 0 Å². The summed E-state index contributed by atoms with van der Waals surface area (Å²) in [5.41, 5.74) is 13.0. The van der Waals surface area contributed by atoms with Crippen molar-refractivity contribution in [2.75, 3.05) is 5.73 Å². The van der Waals surface area contributed by atoms with Crippen LogP contribution in [0.4, 0.5) is 5.82 Å². The van der Waals surface area contributed by atoms with Crippen LogP contribution in [0.25, 0.3) is 27.9 Å². The zero-order chi connectivity index (χ0) is 22.2. The molecule has 5 rings (SSSR count). The van der Waals surface area contributed by atoms with Gasteiger partial charge in [-0.2, -0.15) is 0 Å². The zero-order valence-corrected chi connectivity index (χ0v) is 17.9. The van der Waals surface area contributed by atoms with Gasteiger partial charge in [0.15, 0.2) is 5.65 Å². The summed E-state index contributed by atoms with van der Waals surface area (Å²) in [5, 5.41) is 0. The third kappa shape index (κ3) is 3.36. The maximum Gasteiger partial charge on any atom is 0.344 e. The highest BCUT2D eigenvalue weighted by molar-refractivity contribution is 6.09. The van der Waals surface area contributed by atoms with Gasteiger partial charge in [0.1, 0.15) is 23.5 Å². The van der Waals surface area contributed by atoms with Gasteiger partial charge in [-0.15, -0.1) is 0 Å². The highest BCUT2D eigenvalue weighted by Crippen LogP contribution is 2.33. The Morgan fingerprint density at radius 3 is 2.38 bits per heavy atom. The van der Waals surface area contributed by atoms with Crippen LogP contribution in [0, 0.1) is 13.8 Å². The van der Waals surface area contributed by atoms with Crippen molar-refractivity contribution in [1.82, 2.24) is 14.5 Å². The predicted molar refractivity (Wildman–Crippen MR) is 126 cm³/mol. The Balaban J connectivity index is 1.71. The number of nitrogens with two attached hydrogens (primary N) is 1. The standard InChI is InChI=1S/C26H22N4O2/c1-16-12-13-17(2)21(14-16)30-24(27)22(26(31)32-15-18-8-4-3-5-9-18)23-25(30)29-20-11-7-6-10-19(20)28-23/h3-14H,15,27H2,1-2H3. The fourth-order valence-corrected chi connectivity index (χ4v) is 3.86. The van der Waals surface area contributed by atoms with Gasteiger partial charge in [0.2, 0.25) is 0 Å². The highest BCUT2D eigenvalue weighted by atomic mass is 16.5. The molecule has 0 fully saturated rings. The van der Waals surface area contributed by atoms with Gasteiger partial charge >= 0.3 is 5.97 Å². The van der Waals surface area contributed by atoms with E-state index in [9.17, 15) is 4.79 Å². The molecule has 2 N–H and O–H groups in total. The van der Waals surface area contributed by atoms with Gasteiger partial charge in [0.05, 0.1) is 16.7 Å². The first-order valence-corrected chi connectivity index (χ1v) is 10.4. The molecule has 0 saturated carbocycles. The van der Waals surface area contributed by atoms with E-state index in [1.807, 2.05) is 86.6 Å². The predicted octanol–water partition coefficient (Wildman–Crippen LogP) is 5.13. The van der Waals surface area contributed by atoms with Gasteiger partial charge in [-0.3, -0.25) is 4.57 Å². The molecule has 0 atom stereocenters. The largest absolute Gasteiger partial charge is 0.457 e. The van der Waals surface area contributed by atoms with Gasteiger partial charge in [-0.1, -0.05) is 54.6 Å². The fourth-order valence-electron chi connectivity index (χ4n) is 3.86. The fraction of sp³-hybridized carbons (Fsp3) is 0.115. The van der Waals surface area contributed by atoms with Crippen molar-refractivity contribution in [2.24, 2.45) is 0 Å². The van der Waals surface area contributed by atoms with E-state index in [1.165, 1.54) is 0 Å². The molecule has 0 radical (unpaired) electrons. The van der Waals surface area contributed by atoms with E-state index in [0.717, 1.165) is 27.9 Å². The molecule has 3 aromatic carbocycles. The summed E-state index contributed by atoms with van der Waals surface area (Å²) in [6.45, 7) is 4.17. The summed E-state index contributed by atoms with van der Waals surface area (Å²) < 4.78 is 7.42. The Bertz CT molecular complexity index is 1470. The van der Waals surface area contributed by atoms with Gasteiger partial charge in [0.25, 0.3) is 0 Å². The van der Waals surface area contributed by atoms with Crippen LogP contribution in [-0.2, 0) is 11.3 Å². The number of carbonyl (C=O) groups excluding carboxylic acids is 1. The molecule has 2 aromatic heterocycles. The quantitative estimate of drug-likeness (QED) is 0.406. The molecule has 0 amide bonds. The SMILES string of the molecule is Cc1ccc(C)c(-n2c(N)c(C(=O)OCc3ccccc3)c3nc4ccccc4nc32)c1. The molecule has 6 heteroatoms. The molecule has 5 aromatic rings. The van der Waals surface area contributed by atoms with E-state index >= 15 is 0 Å². The highest BCUT2D eigenvalue weighted by Gasteiger charge is 2.26. The van der Waals surface area contributed by atoms with Crippen molar-refractivity contribution in [3.8, 4) is 5.69 Å². The number of hydrogen-bond acceptors (Lipinski definition) is 5. The van der Waals surface area contributed by atoms with E-state index in [4.69, 9.17) is 20.4 Å². The molecule has 2 heterocycles. The van der Waals surface area contributed by atoms with Crippen LogP contribution < -0.4 is 5.73 Å². The normalized spacial score (nSPS) is 11.2. The number of esters is 1. The van der Waals surface area contributed by atoms with Crippen molar-refractivity contribution in [3.63, 3.8) is 0 Å². The lowest BCUT2D eigenvalue weighted by Crippen LogP contribution is -2.10. The molecule has 0 bridgehead atoms. The molecule has 0 spiro atoms. The molecule has 32 heavy (non-hydrogen) atoms. The molecule has 0 aliphatic heterocycles. The van der Waals surface area contributed by atoms with E-state index in [0.29, 0.717) is 16.7 Å². The summed E-state index contributed by atoms with van der Waals surface area (Å²) in [7, 11) is 0. The number of hydrogen-bond donors (Lipinski definition) is 1. The minimum atomic E-state index is -0.523. The third-order valence-electron chi connectivity index (χ3n) is 5.52. The zero-order valence-electron chi connectivity index (χ0n) is 17.9. The van der Waals surface area contributed by atoms with Gasteiger partial charge in [-0.25, -0.2) is 14.8 Å². The number of anilines is 1. The van der Waals surface area contributed by atoms with Crippen LogP contribution in [0.2, 0.25) is 0 Å². The van der Waals surface area contributed by atoms with E-state index < -0.39 is 5.97 Å². The van der Waals surface area contributed by atoms with Crippen molar-refractivity contribution in [1.29, 1.82) is 0 Å². The van der Waals surface area contributed by atoms with Gasteiger partial charge < -0.3 is 10.5 Å². The average molecular weight is 422 g/mol. The first kappa shape index (κ1) is 19.8. The number of ether oxygens (including phenoxy) is 1. The van der Waals surface area contributed by atoms with Crippen molar-refractivity contribution in [3.05, 3.63) is 95.1 Å². The molecule has 0 aliphatic rings. The average Bonchev–Trinajstić information content (AvgIpc) is 3.09. The number of para-hydroxylation sites is 2. The summed E-state index contributed by atoms with van der Waals surface area (Å²) in [6.07, 6.45) is 0. The van der Waals surface area contributed by atoms with Crippen molar-refractivity contribution < 1.29 is 9.53 Å². The monoisotopic (exact) mass is 422 g/mol. The summed E-state index contributed by atoms with van der Waals surface area (Å²) in [4.78, 5) is 22.8. The maximum absolute atomic E-state index is 13.2. The minimum Gasteiger partial charge on any atom is -0.457 e. The number of benzene rings is 3. The summed E-state index contributed by atoms with van der Waals surface area (Å²) >= 11 is 0. The van der Waals surface area contributed by atoms with Crippen LogP contribution in [0.15, 0.2) is 72.8 Å². The topological polar surface area (TPSA) is 83.0 Å². The number of fused-ring (bicyclic) bond motifs is 2. The summed E-state index contributed by atoms with van der Waals surface area (Å²) in [5.74, 6) is -0.257. The molecular formula is C26H22N4O2. The maximum atomic E-state index is 13.2. The van der Waals surface area contributed by atoms with Crippen LogP contribution in [-0.4, -0.2) is 20.5 Å². The molecule has 0 saturated heterocycles.